The Bertz CT molecular complexity index is 810. The third-order valence-corrected chi connectivity index (χ3v) is 3.99. The molecule has 3 aromatic rings. The Balaban J connectivity index is 2.23. The van der Waals surface area contributed by atoms with Gasteiger partial charge in [0.05, 0.1) is 17.3 Å². The summed E-state index contributed by atoms with van der Waals surface area (Å²) in [5.41, 5.74) is 2.44. The molecule has 100 valence electrons. The maximum Gasteiger partial charge on any atom is 0.182 e. The number of fused-ring (bicyclic) bond motifs is 1. The van der Waals surface area contributed by atoms with Crippen molar-refractivity contribution in [2.45, 2.75) is 0 Å². The van der Waals surface area contributed by atoms with E-state index in [1.165, 1.54) is 11.3 Å². The third kappa shape index (κ3) is 2.23. The van der Waals surface area contributed by atoms with Gasteiger partial charge in [0.15, 0.2) is 4.67 Å². The van der Waals surface area contributed by atoms with Crippen LogP contribution in [0.3, 0.4) is 0 Å². The monoisotopic (exact) mass is 284 g/mol. The normalized spacial score (nSPS) is 11.8. The first-order valence-corrected chi connectivity index (χ1v) is 6.86. The van der Waals surface area contributed by atoms with Crippen LogP contribution in [0.1, 0.15) is 0 Å². The zero-order valence-corrected chi connectivity index (χ0v) is 11.6. The minimum atomic E-state index is 0.494. The van der Waals surface area contributed by atoms with Crippen LogP contribution in [-0.4, -0.2) is 17.3 Å². The average Bonchev–Trinajstić information content (AvgIpc) is 2.53. The van der Waals surface area contributed by atoms with Crippen LogP contribution in [0.25, 0.3) is 21.5 Å². The maximum absolute atomic E-state index is 9.21. The van der Waals surface area contributed by atoms with Crippen molar-refractivity contribution in [2.75, 3.05) is 7.11 Å². The minimum Gasteiger partial charge on any atom is -0.497 e. The molecule has 0 unspecified atom stereocenters. The Labute approximate surface area is 119 Å². The average molecular weight is 284 g/mol. The Morgan fingerprint density at radius 1 is 1.10 bits per heavy atom. The highest BCUT2D eigenvalue weighted by Crippen LogP contribution is 2.22. The van der Waals surface area contributed by atoms with Crippen LogP contribution in [0.5, 0.6) is 5.75 Å². The topological polar surface area (TPSA) is 54.7 Å². The lowest BCUT2D eigenvalue weighted by atomic mass is 10.1. The Hall–Kier alpha value is -2.40. The van der Waals surface area contributed by atoms with Crippen molar-refractivity contribution in [2.24, 2.45) is 5.16 Å². The highest BCUT2D eigenvalue weighted by molar-refractivity contribution is 7.16. The van der Waals surface area contributed by atoms with E-state index in [1.54, 1.807) is 7.11 Å². The third-order valence-electron chi connectivity index (χ3n) is 2.96. The lowest BCUT2D eigenvalue weighted by Crippen LogP contribution is -2.05. The number of rotatable bonds is 2. The van der Waals surface area contributed by atoms with Gasteiger partial charge in [0, 0.05) is 5.56 Å². The highest BCUT2D eigenvalue weighted by atomic mass is 32.1. The van der Waals surface area contributed by atoms with Crippen molar-refractivity contribution >= 4 is 21.6 Å². The van der Waals surface area contributed by atoms with Crippen molar-refractivity contribution in [3.63, 3.8) is 0 Å². The van der Waals surface area contributed by atoms with Gasteiger partial charge in [0.25, 0.3) is 0 Å². The fourth-order valence-electron chi connectivity index (χ4n) is 1.96. The van der Waals surface area contributed by atoms with Crippen molar-refractivity contribution < 1.29 is 9.94 Å². The molecule has 4 nitrogen and oxygen atoms in total. The lowest BCUT2D eigenvalue weighted by Gasteiger charge is -2.04. The van der Waals surface area contributed by atoms with E-state index in [1.807, 2.05) is 48.5 Å². The fourth-order valence-corrected chi connectivity index (χ4v) is 2.84. The minimum absolute atomic E-state index is 0.494. The number of methoxy groups -OCH3 is 1. The summed E-state index contributed by atoms with van der Waals surface area (Å²) >= 11 is 1.41. The zero-order valence-electron chi connectivity index (χ0n) is 10.8. The van der Waals surface area contributed by atoms with E-state index in [4.69, 9.17) is 4.74 Å². The molecule has 0 saturated carbocycles. The predicted octanol–water partition coefficient (Wildman–Crippen LogP) is 3.26. The molecule has 0 fully saturated rings. The van der Waals surface area contributed by atoms with E-state index in [9.17, 15) is 5.21 Å². The number of benzene rings is 2. The fraction of sp³-hybridized carbons (Fsp3) is 0.0667. The van der Waals surface area contributed by atoms with Crippen molar-refractivity contribution in [1.82, 2.24) is 4.98 Å². The summed E-state index contributed by atoms with van der Waals surface area (Å²) in [5, 5.41) is 12.6. The number of nitrogens with zero attached hydrogens (tertiary/aromatic N) is 2. The molecule has 2 aromatic carbocycles. The Morgan fingerprint density at radius 2 is 1.85 bits per heavy atom. The molecule has 1 aromatic heterocycles. The van der Waals surface area contributed by atoms with Gasteiger partial charge in [-0.05, 0) is 36.4 Å². The molecule has 0 aliphatic rings. The van der Waals surface area contributed by atoms with Gasteiger partial charge < -0.3 is 9.94 Å². The molecule has 3 rings (SSSR count). The molecule has 0 spiro atoms. The second-order valence-electron chi connectivity index (χ2n) is 4.16. The van der Waals surface area contributed by atoms with Crippen LogP contribution in [0, 0.1) is 0 Å². The van der Waals surface area contributed by atoms with Gasteiger partial charge in [0.2, 0.25) is 0 Å². The number of hydrogen-bond acceptors (Lipinski definition) is 5. The summed E-state index contributed by atoms with van der Waals surface area (Å²) in [6.45, 7) is 0. The number of hydrogen-bond donors (Lipinski definition) is 1. The molecule has 0 saturated heterocycles. The summed E-state index contributed by atoms with van der Waals surface area (Å²) in [6.07, 6.45) is 0. The van der Waals surface area contributed by atoms with Gasteiger partial charge in [-0.2, -0.15) is 0 Å². The van der Waals surface area contributed by atoms with Crippen molar-refractivity contribution in [3.05, 3.63) is 53.2 Å². The first-order valence-electron chi connectivity index (χ1n) is 6.04. The molecule has 0 amide bonds. The summed E-state index contributed by atoms with van der Waals surface area (Å²) < 4.78 is 6.62. The SMILES string of the molecule is COc1ccc(-c2nc3ccccc3s/c2=N/O)cc1. The van der Waals surface area contributed by atoms with Gasteiger partial charge in [-0.1, -0.05) is 17.3 Å². The molecule has 0 radical (unpaired) electrons. The molecule has 0 bridgehead atoms. The standard InChI is InChI=1S/C15H12N2O2S/c1-19-11-8-6-10(7-9-11)14-15(17-18)20-13-5-3-2-4-12(13)16-14/h2-9,18H,1H3/b17-15+. The second kappa shape index (κ2) is 5.30. The quantitative estimate of drug-likeness (QED) is 0.580. The predicted molar refractivity (Wildman–Crippen MR) is 79.0 cm³/mol. The molecule has 1 heterocycles. The molecular formula is C15H12N2O2S. The molecule has 0 aliphatic carbocycles. The van der Waals surface area contributed by atoms with Crippen LogP contribution in [0.4, 0.5) is 0 Å². The van der Waals surface area contributed by atoms with Crippen LogP contribution in [0.15, 0.2) is 53.7 Å². The van der Waals surface area contributed by atoms with Gasteiger partial charge in [-0.3, -0.25) is 0 Å². The van der Waals surface area contributed by atoms with Crippen LogP contribution >= 0.6 is 11.3 Å². The lowest BCUT2D eigenvalue weighted by molar-refractivity contribution is 0.304. The summed E-state index contributed by atoms with van der Waals surface area (Å²) in [5.74, 6) is 0.778. The molecule has 20 heavy (non-hydrogen) atoms. The van der Waals surface area contributed by atoms with Crippen LogP contribution < -0.4 is 9.41 Å². The molecule has 5 heteroatoms. The van der Waals surface area contributed by atoms with Crippen LogP contribution in [0.2, 0.25) is 0 Å². The van der Waals surface area contributed by atoms with E-state index < -0.39 is 0 Å². The van der Waals surface area contributed by atoms with Gasteiger partial charge in [-0.25, -0.2) is 4.98 Å². The van der Waals surface area contributed by atoms with E-state index >= 15 is 0 Å². The molecule has 1 N–H and O–H groups in total. The van der Waals surface area contributed by atoms with E-state index in [0.717, 1.165) is 21.5 Å². The van der Waals surface area contributed by atoms with Crippen LogP contribution in [-0.2, 0) is 0 Å². The number of para-hydroxylation sites is 1. The van der Waals surface area contributed by atoms with Gasteiger partial charge >= 0.3 is 0 Å². The van der Waals surface area contributed by atoms with Gasteiger partial charge in [0.1, 0.15) is 11.4 Å². The van der Waals surface area contributed by atoms with E-state index in [-0.39, 0.29) is 0 Å². The number of aromatic nitrogens is 1. The largest absolute Gasteiger partial charge is 0.497 e. The zero-order chi connectivity index (χ0) is 13.9. The number of ether oxygens (including phenoxy) is 1. The summed E-state index contributed by atoms with van der Waals surface area (Å²) in [6, 6.07) is 15.3. The summed E-state index contributed by atoms with van der Waals surface area (Å²) in [4.78, 5) is 4.59. The Kier molecular flexibility index (Phi) is 3.35. The smallest absolute Gasteiger partial charge is 0.182 e. The molecule has 0 aliphatic heterocycles. The van der Waals surface area contributed by atoms with E-state index in [2.05, 4.69) is 10.1 Å². The van der Waals surface area contributed by atoms with Gasteiger partial charge in [-0.15, -0.1) is 11.3 Å². The Morgan fingerprint density at radius 3 is 2.55 bits per heavy atom. The second-order valence-corrected chi connectivity index (χ2v) is 5.19. The molecule has 0 atom stereocenters. The van der Waals surface area contributed by atoms with E-state index in [0.29, 0.717) is 10.4 Å². The summed E-state index contributed by atoms with van der Waals surface area (Å²) in [7, 11) is 1.62. The van der Waals surface area contributed by atoms with Crippen molar-refractivity contribution in [1.29, 1.82) is 0 Å². The first-order chi connectivity index (χ1) is 9.81. The highest BCUT2D eigenvalue weighted by Gasteiger charge is 2.07. The van der Waals surface area contributed by atoms with Crippen molar-refractivity contribution in [3.8, 4) is 17.0 Å². The molecular weight excluding hydrogens is 272 g/mol. The first kappa shape index (κ1) is 12.6. The maximum atomic E-state index is 9.21.